The van der Waals surface area contributed by atoms with Crippen LogP contribution in [0, 0.1) is 0 Å². The van der Waals surface area contributed by atoms with Crippen molar-refractivity contribution < 1.29 is 18.0 Å². The van der Waals surface area contributed by atoms with Crippen LogP contribution in [0.25, 0.3) is 15.7 Å². The molecule has 0 spiro atoms. The maximum absolute atomic E-state index is 13.5. The molecule has 1 aliphatic rings. The SMILES string of the molecule is CCc1cc(C(F)(F)F)n2nc(C3CCN(C(=O)c4cc5ccccc5s4)C3)cc2n1. The topological polar surface area (TPSA) is 50.5 Å². The van der Waals surface area contributed by atoms with E-state index in [1.54, 1.807) is 17.9 Å². The van der Waals surface area contributed by atoms with E-state index in [2.05, 4.69) is 10.1 Å². The zero-order valence-corrected chi connectivity index (χ0v) is 17.5. The molecule has 1 aliphatic heterocycles. The molecule has 1 saturated heterocycles. The average Bonchev–Trinajstić information content (AvgIpc) is 3.48. The fourth-order valence-electron chi connectivity index (χ4n) is 4.06. The minimum Gasteiger partial charge on any atom is -0.337 e. The van der Waals surface area contributed by atoms with Crippen LogP contribution in [0.3, 0.4) is 0 Å². The molecule has 0 radical (unpaired) electrons. The number of thiophene rings is 1. The highest BCUT2D eigenvalue weighted by molar-refractivity contribution is 7.20. The largest absolute Gasteiger partial charge is 0.433 e. The van der Waals surface area contributed by atoms with Crippen LogP contribution in [0.4, 0.5) is 13.2 Å². The van der Waals surface area contributed by atoms with Gasteiger partial charge in [-0.15, -0.1) is 11.3 Å². The molecular weight excluding hydrogens is 425 g/mol. The quantitative estimate of drug-likeness (QED) is 0.439. The highest BCUT2D eigenvalue weighted by Crippen LogP contribution is 2.34. The summed E-state index contributed by atoms with van der Waals surface area (Å²) in [6, 6.07) is 12.4. The van der Waals surface area contributed by atoms with Gasteiger partial charge in [-0.2, -0.15) is 18.3 Å². The number of hydrogen-bond donors (Lipinski definition) is 0. The van der Waals surface area contributed by atoms with Gasteiger partial charge in [0.15, 0.2) is 5.65 Å². The molecule has 1 fully saturated rings. The average molecular weight is 444 g/mol. The summed E-state index contributed by atoms with van der Waals surface area (Å²) in [5.74, 6) is -0.166. The number of nitrogens with zero attached hydrogens (tertiary/aromatic N) is 4. The van der Waals surface area contributed by atoms with Crippen molar-refractivity contribution in [1.82, 2.24) is 19.5 Å². The number of carbonyl (C=O) groups excluding carboxylic acids is 1. The molecular formula is C22H19F3N4OS. The van der Waals surface area contributed by atoms with Gasteiger partial charge in [0, 0.05) is 35.5 Å². The van der Waals surface area contributed by atoms with Gasteiger partial charge in [0.2, 0.25) is 0 Å². The van der Waals surface area contributed by atoms with Crippen molar-refractivity contribution in [3.05, 3.63) is 64.4 Å². The molecule has 1 amide bonds. The van der Waals surface area contributed by atoms with Gasteiger partial charge in [0.25, 0.3) is 5.91 Å². The van der Waals surface area contributed by atoms with E-state index < -0.39 is 11.9 Å². The van der Waals surface area contributed by atoms with Crippen LogP contribution in [-0.4, -0.2) is 38.5 Å². The maximum atomic E-state index is 13.5. The van der Waals surface area contributed by atoms with Crippen molar-refractivity contribution >= 4 is 33.0 Å². The number of hydrogen-bond acceptors (Lipinski definition) is 4. The minimum atomic E-state index is -4.52. The van der Waals surface area contributed by atoms with Crippen LogP contribution in [-0.2, 0) is 12.6 Å². The van der Waals surface area contributed by atoms with E-state index in [0.717, 1.165) is 20.7 Å². The number of amides is 1. The number of carbonyl (C=O) groups is 1. The lowest BCUT2D eigenvalue weighted by Gasteiger charge is -2.14. The lowest BCUT2D eigenvalue weighted by Crippen LogP contribution is -2.27. The summed E-state index contributed by atoms with van der Waals surface area (Å²) in [6.07, 6.45) is -3.46. The number of rotatable bonds is 3. The first-order chi connectivity index (χ1) is 14.8. The monoisotopic (exact) mass is 444 g/mol. The van der Waals surface area contributed by atoms with Gasteiger partial charge in [-0.1, -0.05) is 25.1 Å². The number of fused-ring (bicyclic) bond motifs is 2. The first kappa shape index (κ1) is 20.0. The normalized spacial score (nSPS) is 17.2. The predicted molar refractivity (Wildman–Crippen MR) is 112 cm³/mol. The van der Waals surface area contributed by atoms with Crippen molar-refractivity contribution in [3.63, 3.8) is 0 Å². The number of aryl methyl sites for hydroxylation is 1. The molecule has 3 aromatic heterocycles. The standard InChI is InChI=1S/C22H19F3N4OS/c1-2-15-10-19(22(23,24)25)29-20(26-15)11-16(27-29)14-7-8-28(12-14)21(30)18-9-13-5-3-4-6-17(13)31-18/h3-6,9-11,14H,2,7-8,12H2,1H3. The fraction of sp³-hybridized carbons (Fsp3) is 0.318. The summed E-state index contributed by atoms with van der Waals surface area (Å²) >= 11 is 1.46. The molecule has 31 heavy (non-hydrogen) atoms. The first-order valence-electron chi connectivity index (χ1n) is 10.1. The molecule has 0 aliphatic carbocycles. The Balaban J connectivity index is 1.42. The van der Waals surface area contributed by atoms with Crippen LogP contribution >= 0.6 is 11.3 Å². The highest BCUT2D eigenvalue weighted by atomic mass is 32.1. The van der Waals surface area contributed by atoms with E-state index in [0.29, 0.717) is 42.2 Å². The third-order valence-corrected chi connectivity index (χ3v) is 6.79. The summed E-state index contributed by atoms with van der Waals surface area (Å²) in [4.78, 5) is 19.7. The highest BCUT2D eigenvalue weighted by Gasteiger charge is 2.36. The van der Waals surface area contributed by atoms with E-state index in [-0.39, 0.29) is 17.5 Å². The van der Waals surface area contributed by atoms with Crippen LogP contribution in [0.15, 0.2) is 42.5 Å². The van der Waals surface area contributed by atoms with Gasteiger partial charge in [-0.3, -0.25) is 4.79 Å². The zero-order valence-electron chi connectivity index (χ0n) is 16.7. The second-order valence-corrected chi connectivity index (χ2v) is 8.79. The van der Waals surface area contributed by atoms with Crippen molar-refractivity contribution in [1.29, 1.82) is 0 Å². The molecule has 4 aromatic rings. The molecule has 1 aromatic carbocycles. The van der Waals surface area contributed by atoms with E-state index in [1.807, 2.05) is 30.3 Å². The third kappa shape index (κ3) is 3.56. The molecule has 4 heterocycles. The van der Waals surface area contributed by atoms with Crippen LogP contribution < -0.4 is 0 Å². The van der Waals surface area contributed by atoms with Gasteiger partial charge in [-0.05, 0) is 36.4 Å². The number of aromatic nitrogens is 3. The van der Waals surface area contributed by atoms with Crippen molar-refractivity contribution in [2.24, 2.45) is 0 Å². The number of halogens is 3. The lowest BCUT2D eigenvalue weighted by molar-refractivity contribution is -0.142. The summed E-state index contributed by atoms with van der Waals surface area (Å²) < 4.78 is 42.5. The van der Waals surface area contributed by atoms with E-state index in [1.165, 1.54) is 11.3 Å². The van der Waals surface area contributed by atoms with Gasteiger partial charge < -0.3 is 4.90 Å². The Morgan fingerprint density at radius 2 is 2.03 bits per heavy atom. The zero-order chi connectivity index (χ0) is 21.8. The number of alkyl halides is 3. The third-order valence-electron chi connectivity index (χ3n) is 5.68. The van der Waals surface area contributed by atoms with Gasteiger partial charge in [0.1, 0.15) is 5.69 Å². The Kier molecular flexibility index (Phi) is 4.73. The molecule has 0 bridgehead atoms. The van der Waals surface area contributed by atoms with Crippen LogP contribution in [0.5, 0.6) is 0 Å². The van der Waals surface area contributed by atoms with Gasteiger partial charge in [0.05, 0.1) is 10.6 Å². The summed E-state index contributed by atoms with van der Waals surface area (Å²) in [5.41, 5.74) is 0.282. The van der Waals surface area contributed by atoms with Crippen LogP contribution in [0.1, 0.15) is 46.0 Å². The Bertz CT molecular complexity index is 1260. The van der Waals surface area contributed by atoms with Crippen molar-refractivity contribution in [3.8, 4) is 0 Å². The Labute approximate surface area is 180 Å². The lowest BCUT2D eigenvalue weighted by atomic mass is 10.1. The number of benzene rings is 1. The summed E-state index contributed by atoms with van der Waals surface area (Å²) in [7, 11) is 0. The van der Waals surface area contributed by atoms with E-state index in [9.17, 15) is 18.0 Å². The fourth-order valence-corrected chi connectivity index (χ4v) is 5.09. The second kappa shape index (κ2) is 7.33. The van der Waals surface area contributed by atoms with Crippen LogP contribution in [0.2, 0.25) is 0 Å². The molecule has 0 N–H and O–H groups in total. The molecule has 5 nitrogen and oxygen atoms in total. The Morgan fingerprint density at radius 3 is 2.77 bits per heavy atom. The second-order valence-electron chi connectivity index (χ2n) is 7.71. The van der Waals surface area contributed by atoms with Crippen molar-refractivity contribution in [2.45, 2.75) is 31.9 Å². The number of likely N-dealkylation sites (tertiary alicyclic amines) is 1. The molecule has 1 unspecified atom stereocenters. The van der Waals surface area contributed by atoms with E-state index >= 15 is 0 Å². The molecule has 5 rings (SSSR count). The summed E-state index contributed by atoms with van der Waals surface area (Å²) in [5, 5.41) is 5.27. The predicted octanol–water partition coefficient (Wildman–Crippen LogP) is 5.15. The molecule has 9 heteroatoms. The minimum absolute atomic E-state index is 0.0464. The molecule has 160 valence electrons. The first-order valence-corrected chi connectivity index (χ1v) is 10.9. The van der Waals surface area contributed by atoms with Gasteiger partial charge in [-0.25, -0.2) is 9.50 Å². The van der Waals surface area contributed by atoms with Crippen molar-refractivity contribution in [2.75, 3.05) is 13.1 Å². The Hall–Kier alpha value is -2.94. The maximum Gasteiger partial charge on any atom is 0.433 e. The van der Waals surface area contributed by atoms with E-state index in [4.69, 9.17) is 0 Å². The van der Waals surface area contributed by atoms with Gasteiger partial charge >= 0.3 is 6.18 Å². The summed E-state index contributed by atoms with van der Waals surface area (Å²) in [6.45, 7) is 2.75. The molecule has 1 atom stereocenters. The molecule has 0 saturated carbocycles. The smallest absolute Gasteiger partial charge is 0.337 e. The Morgan fingerprint density at radius 1 is 1.23 bits per heavy atom.